The Labute approximate surface area is 230 Å². The predicted octanol–water partition coefficient (Wildman–Crippen LogP) is 2.78. The molecular weight excluding hydrogens is 525 g/mol. The lowest BCUT2D eigenvalue weighted by Crippen LogP contribution is -2.48. The summed E-state index contributed by atoms with van der Waals surface area (Å²) in [7, 11) is 1.46. The Hall–Kier alpha value is -4.53. The molecule has 0 spiro atoms. The number of alkyl carbamates (subject to hydrolysis) is 1. The van der Waals surface area contributed by atoms with Gasteiger partial charge in [0.25, 0.3) is 5.91 Å². The van der Waals surface area contributed by atoms with Crippen LogP contribution in [0.2, 0.25) is 0 Å². The lowest BCUT2D eigenvalue weighted by Gasteiger charge is -2.28. The summed E-state index contributed by atoms with van der Waals surface area (Å²) in [6.45, 7) is 9.25. The Bertz CT molecular complexity index is 1310. The van der Waals surface area contributed by atoms with Gasteiger partial charge in [0.2, 0.25) is 5.88 Å². The Morgan fingerprint density at radius 2 is 1.98 bits per heavy atom. The Morgan fingerprint density at radius 3 is 2.58 bits per heavy atom. The van der Waals surface area contributed by atoms with E-state index in [0.717, 1.165) is 6.07 Å². The lowest BCUT2D eigenvalue weighted by atomic mass is 10.1. The van der Waals surface area contributed by atoms with E-state index < -0.39 is 35.5 Å². The molecule has 0 aliphatic heterocycles. The number of hydrogen-bond acceptors (Lipinski definition) is 11. The molecule has 0 aromatic carbocycles. The van der Waals surface area contributed by atoms with Gasteiger partial charge in [0.05, 0.1) is 55.6 Å². The maximum atomic E-state index is 15.1. The van der Waals surface area contributed by atoms with Crippen molar-refractivity contribution in [3.8, 4) is 11.6 Å². The fraction of sp³-hybridized carbons (Fsp3) is 0.440. The summed E-state index contributed by atoms with van der Waals surface area (Å²) < 4.78 is 32.7. The number of anilines is 3. The van der Waals surface area contributed by atoms with E-state index in [1.807, 2.05) is 6.92 Å². The summed E-state index contributed by atoms with van der Waals surface area (Å²) in [6.07, 6.45) is 3.88. The van der Waals surface area contributed by atoms with Gasteiger partial charge in [0, 0.05) is 6.61 Å². The molecule has 2 amide bonds. The second-order valence-corrected chi connectivity index (χ2v) is 9.65. The van der Waals surface area contributed by atoms with E-state index in [1.165, 1.54) is 24.2 Å². The number of amides is 2. The van der Waals surface area contributed by atoms with Gasteiger partial charge in [-0.1, -0.05) is 5.21 Å². The number of nitrogens with one attached hydrogen (secondary N) is 3. The quantitative estimate of drug-likeness (QED) is 0.256. The van der Waals surface area contributed by atoms with Crippen LogP contribution in [0.5, 0.6) is 5.88 Å². The minimum Gasteiger partial charge on any atom is -0.479 e. The van der Waals surface area contributed by atoms with Crippen molar-refractivity contribution in [3.05, 3.63) is 42.1 Å². The van der Waals surface area contributed by atoms with Crippen LogP contribution in [0.25, 0.3) is 5.69 Å². The minimum absolute atomic E-state index is 0.0316. The number of ether oxygens (including phenoxy) is 3. The van der Waals surface area contributed by atoms with Crippen LogP contribution in [0, 0.1) is 5.82 Å². The van der Waals surface area contributed by atoms with Gasteiger partial charge in [-0.3, -0.25) is 4.79 Å². The highest BCUT2D eigenvalue weighted by atomic mass is 19.1. The van der Waals surface area contributed by atoms with Crippen LogP contribution >= 0.6 is 0 Å². The summed E-state index contributed by atoms with van der Waals surface area (Å²) in [6, 6.07) is 1.42. The molecule has 0 radical (unpaired) electrons. The molecule has 3 aromatic rings. The third-order valence-electron chi connectivity index (χ3n) is 5.37. The topological polar surface area (TPSA) is 180 Å². The van der Waals surface area contributed by atoms with E-state index in [1.54, 1.807) is 40.0 Å². The number of pyridine rings is 2. The van der Waals surface area contributed by atoms with Crippen molar-refractivity contribution in [2.75, 3.05) is 31.0 Å². The summed E-state index contributed by atoms with van der Waals surface area (Å²) in [5, 5.41) is 16.4. The Balaban J connectivity index is 1.92. The first-order chi connectivity index (χ1) is 18.9. The molecule has 14 nitrogen and oxygen atoms in total. The minimum atomic E-state index is -0.899. The maximum Gasteiger partial charge on any atom is 0.407 e. The first kappa shape index (κ1) is 30.0. The number of carbonyl (C=O) groups excluding carboxylic acids is 2. The normalized spacial score (nSPS) is 12.8. The van der Waals surface area contributed by atoms with Crippen molar-refractivity contribution in [1.82, 2.24) is 30.3 Å². The van der Waals surface area contributed by atoms with Crippen molar-refractivity contribution >= 4 is 29.3 Å². The Morgan fingerprint density at radius 1 is 1.23 bits per heavy atom. The molecule has 40 heavy (non-hydrogen) atoms. The molecule has 3 heterocycles. The van der Waals surface area contributed by atoms with E-state index in [0.29, 0.717) is 18.0 Å². The largest absolute Gasteiger partial charge is 0.479 e. The molecule has 5 N–H and O–H groups in total. The molecule has 0 fully saturated rings. The molecule has 3 rings (SSSR count). The highest BCUT2D eigenvalue weighted by molar-refractivity contribution is 5.98. The van der Waals surface area contributed by atoms with Crippen LogP contribution in [0.4, 0.5) is 26.5 Å². The SMILES string of the molecule is CCOC[C@@H](Nc1nc(Nc2cnc(OC)c(-n3ccnn3)c2)c(C(N)=O)cc1F)[C@H](C)NC(=O)OC(C)(C)C. The van der Waals surface area contributed by atoms with Gasteiger partial charge < -0.3 is 35.9 Å². The zero-order chi connectivity index (χ0) is 29.4. The third kappa shape index (κ3) is 7.99. The van der Waals surface area contributed by atoms with E-state index in [4.69, 9.17) is 19.9 Å². The number of nitrogens with two attached hydrogens (primary N) is 1. The Kier molecular flexibility index (Phi) is 9.77. The molecule has 0 aliphatic carbocycles. The van der Waals surface area contributed by atoms with Gasteiger partial charge in [-0.25, -0.2) is 23.8 Å². The number of rotatable bonds is 12. The average molecular weight is 560 g/mol. The summed E-state index contributed by atoms with van der Waals surface area (Å²) in [5.74, 6) is -1.69. The van der Waals surface area contributed by atoms with Gasteiger partial charge in [0.15, 0.2) is 11.6 Å². The maximum absolute atomic E-state index is 15.1. The smallest absolute Gasteiger partial charge is 0.407 e. The van der Waals surface area contributed by atoms with Crippen LogP contribution in [-0.2, 0) is 9.47 Å². The lowest BCUT2D eigenvalue weighted by molar-refractivity contribution is 0.0487. The van der Waals surface area contributed by atoms with Crippen molar-refractivity contribution in [2.45, 2.75) is 52.3 Å². The van der Waals surface area contributed by atoms with Gasteiger partial charge >= 0.3 is 6.09 Å². The average Bonchev–Trinajstić information content (AvgIpc) is 3.41. The van der Waals surface area contributed by atoms with Crippen LogP contribution in [0.15, 0.2) is 30.7 Å². The number of halogens is 1. The van der Waals surface area contributed by atoms with Crippen molar-refractivity contribution < 1.29 is 28.2 Å². The molecule has 0 saturated carbocycles. The van der Waals surface area contributed by atoms with E-state index in [9.17, 15) is 9.59 Å². The molecule has 0 saturated heterocycles. The van der Waals surface area contributed by atoms with Gasteiger partial charge in [0.1, 0.15) is 17.1 Å². The zero-order valence-electron chi connectivity index (χ0n) is 23.2. The zero-order valence-corrected chi connectivity index (χ0v) is 23.2. The van der Waals surface area contributed by atoms with Crippen LogP contribution in [0.1, 0.15) is 45.0 Å². The van der Waals surface area contributed by atoms with Crippen molar-refractivity contribution in [3.63, 3.8) is 0 Å². The molecule has 2 atom stereocenters. The molecule has 0 aliphatic rings. The molecule has 216 valence electrons. The number of carbonyl (C=O) groups is 2. The summed E-state index contributed by atoms with van der Waals surface area (Å²) in [4.78, 5) is 33.0. The van der Waals surface area contributed by atoms with E-state index >= 15 is 4.39 Å². The number of nitrogens with zero attached hydrogens (tertiary/aromatic N) is 5. The van der Waals surface area contributed by atoms with E-state index in [-0.39, 0.29) is 29.7 Å². The highest BCUT2D eigenvalue weighted by Crippen LogP contribution is 2.28. The second kappa shape index (κ2) is 13.0. The summed E-state index contributed by atoms with van der Waals surface area (Å²) in [5.41, 5.74) is 5.45. The van der Waals surface area contributed by atoms with E-state index in [2.05, 4.69) is 36.2 Å². The first-order valence-electron chi connectivity index (χ1n) is 12.4. The molecular formula is C25H34FN9O5. The number of hydrogen-bond donors (Lipinski definition) is 4. The second-order valence-electron chi connectivity index (χ2n) is 9.65. The fourth-order valence-corrected chi connectivity index (χ4v) is 3.50. The molecule has 3 aromatic heterocycles. The fourth-order valence-electron chi connectivity index (χ4n) is 3.50. The van der Waals surface area contributed by atoms with Crippen molar-refractivity contribution in [2.24, 2.45) is 5.73 Å². The van der Waals surface area contributed by atoms with Crippen LogP contribution in [-0.4, -0.2) is 75.0 Å². The molecule has 15 heteroatoms. The van der Waals surface area contributed by atoms with Crippen LogP contribution < -0.4 is 26.4 Å². The standard InChI is InChI=1S/C25H34FN9O5/c1-7-39-13-18(14(2)30-24(37)40-25(3,4)5)32-22-17(26)11-16(20(27)36)21(33-22)31-15-10-19(23(38-6)28-12-15)35-9-8-29-34-35/h8-12,14,18H,7,13H2,1-6H3,(H2,27,36)(H,30,37)(H2,31,32,33)/t14-,18+/m0/s1. The van der Waals surface area contributed by atoms with Crippen molar-refractivity contribution in [1.29, 1.82) is 0 Å². The van der Waals surface area contributed by atoms with Gasteiger partial charge in [-0.15, -0.1) is 5.10 Å². The van der Waals surface area contributed by atoms with Gasteiger partial charge in [-0.2, -0.15) is 0 Å². The monoisotopic (exact) mass is 559 g/mol. The number of primary amides is 1. The third-order valence-corrected chi connectivity index (χ3v) is 5.37. The van der Waals surface area contributed by atoms with Gasteiger partial charge in [-0.05, 0) is 46.8 Å². The van der Waals surface area contributed by atoms with Crippen LogP contribution in [0.3, 0.4) is 0 Å². The first-order valence-corrected chi connectivity index (χ1v) is 12.4. The number of methoxy groups -OCH3 is 1. The number of aromatic nitrogens is 5. The predicted molar refractivity (Wildman–Crippen MR) is 144 cm³/mol. The molecule has 0 unspecified atom stereocenters. The molecule has 0 bridgehead atoms. The highest BCUT2D eigenvalue weighted by Gasteiger charge is 2.25. The summed E-state index contributed by atoms with van der Waals surface area (Å²) >= 11 is 0.